The Hall–Kier alpha value is -4.22. The minimum absolute atomic E-state index is 0. The van der Waals surface area contributed by atoms with E-state index in [1.807, 2.05) is 91.8 Å². The molecule has 0 aliphatic carbocycles. The number of carbonyl (C=O) groups is 2. The Labute approximate surface area is 296 Å². The summed E-state index contributed by atoms with van der Waals surface area (Å²) in [6.45, 7) is 17.7. The summed E-state index contributed by atoms with van der Waals surface area (Å²) in [4.78, 5) is 21.0. The van der Waals surface area contributed by atoms with Crippen molar-refractivity contribution < 1.29 is 58.3 Å². The van der Waals surface area contributed by atoms with Gasteiger partial charge in [0.05, 0.1) is 5.56 Å². The molecule has 0 aromatic heterocycles. The Morgan fingerprint density at radius 1 is 0.574 bits per heavy atom. The van der Waals surface area contributed by atoms with E-state index >= 15 is 0 Å². The molecule has 0 aliphatic heterocycles. The summed E-state index contributed by atoms with van der Waals surface area (Å²) in [6.07, 6.45) is 0. The van der Waals surface area contributed by atoms with Crippen LogP contribution in [-0.4, -0.2) is 46.1 Å². The van der Waals surface area contributed by atoms with Crippen molar-refractivity contribution in [2.45, 2.75) is 62.3 Å². The fourth-order valence-corrected chi connectivity index (χ4v) is 2.50. The minimum Gasteiger partial charge on any atom is -0.508 e. The van der Waals surface area contributed by atoms with Gasteiger partial charge < -0.3 is 37.3 Å². The first kappa shape index (κ1) is 55.2. The Morgan fingerprint density at radius 3 is 1.17 bits per heavy atom. The van der Waals surface area contributed by atoms with Crippen molar-refractivity contribution in [1.29, 1.82) is 0 Å². The van der Waals surface area contributed by atoms with Crippen LogP contribution in [0.3, 0.4) is 0 Å². The van der Waals surface area contributed by atoms with Crippen molar-refractivity contribution in [2.24, 2.45) is 0 Å². The number of carboxylic acids is 1. The second-order valence-corrected chi connectivity index (χ2v) is 7.10. The van der Waals surface area contributed by atoms with Gasteiger partial charge in [-0.1, -0.05) is 116 Å². The Morgan fingerprint density at radius 2 is 0.915 bits per heavy atom. The summed E-state index contributed by atoms with van der Waals surface area (Å²) < 4.78 is 9.86. The number of carboxylic acid groups (broad SMARTS) is 1. The first-order valence-corrected chi connectivity index (χ1v) is 15.0. The van der Waals surface area contributed by atoms with Gasteiger partial charge in [0.1, 0.15) is 28.6 Å². The van der Waals surface area contributed by atoms with Crippen LogP contribution in [-0.2, 0) is 4.74 Å². The van der Waals surface area contributed by atoms with E-state index in [1.54, 1.807) is 61.7 Å². The van der Waals surface area contributed by atoms with E-state index in [0.29, 0.717) is 18.1 Å². The zero-order valence-electron chi connectivity index (χ0n) is 30.5. The number of aromatic carboxylic acids is 1. The number of methoxy groups -OCH3 is 1. The van der Waals surface area contributed by atoms with Crippen LogP contribution in [0.1, 0.15) is 83.0 Å². The molecule has 0 radical (unpaired) electrons. The van der Waals surface area contributed by atoms with Crippen molar-refractivity contribution in [3.63, 3.8) is 0 Å². The van der Waals surface area contributed by atoms with E-state index in [2.05, 4.69) is 0 Å². The van der Waals surface area contributed by atoms with Crippen LogP contribution in [0.4, 0.5) is 0 Å². The summed E-state index contributed by atoms with van der Waals surface area (Å²) in [7, 11) is 1.60. The molecule has 9 heteroatoms. The van der Waals surface area contributed by atoms with Crippen LogP contribution in [0.2, 0.25) is 0 Å². The standard InChI is InChI=1S/C8H10O2.C8H8O2.C7H6O3.C6H6O.4C2H6.CH3.Li/c1-9-7-10-8-5-3-2-4-6-8;1-6(9)7-4-2-3-5-8(7)10;8-6-4-2-1-3-5(6)7(9)10;7-6-4-2-1-3-5-6;4*1-2;;/h2-6H,7H2,1H3;2-5,10H,1H3;1-4,8H,(H,9,10);1-5,7H;4*1-2H3;1H3;/q;;;;;;;;-1;+1. The van der Waals surface area contributed by atoms with E-state index < -0.39 is 5.97 Å². The van der Waals surface area contributed by atoms with Gasteiger partial charge >= 0.3 is 24.8 Å². The van der Waals surface area contributed by atoms with Crippen LogP contribution in [0.25, 0.3) is 0 Å². The fourth-order valence-electron chi connectivity index (χ4n) is 2.50. The molecule has 47 heavy (non-hydrogen) atoms. The Kier molecular flexibility index (Phi) is 49.1. The van der Waals surface area contributed by atoms with Gasteiger partial charge in [0.15, 0.2) is 12.6 Å². The number of para-hydroxylation sites is 4. The molecule has 0 heterocycles. The molecule has 0 fully saturated rings. The SMILES string of the molecule is CC.CC.CC.CC.CC(=O)c1ccccc1O.COCOc1ccccc1.O=C(O)c1ccccc1O.Oc1ccccc1.[CH3-].[Li+]. The van der Waals surface area contributed by atoms with Gasteiger partial charge in [-0.15, -0.1) is 0 Å². The molecule has 0 spiro atoms. The first-order chi connectivity index (χ1) is 21.8. The number of carbonyl (C=O) groups excluding carboxylic acids is 1. The van der Waals surface area contributed by atoms with Gasteiger partial charge in [0, 0.05) is 7.11 Å². The third-order valence-corrected chi connectivity index (χ3v) is 4.26. The maximum Gasteiger partial charge on any atom is 1.00 e. The van der Waals surface area contributed by atoms with Gasteiger partial charge in [-0.25, -0.2) is 4.79 Å². The average molecular weight is 649 g/mol. The number of ether oxygens (including phenoxy) is 2. The van der Waals surface area contributed by atoms with E-state index in [4.69, 9.17) is 29.9 Å². The molecule has 0 bridgehead atoms. The van der Waals surface area contributed by atoms with Gasteiger partial charge in [-0.3, -0.25) is 4.79 Å². The van der Waals surface area contributed by atoms with Crippen molar-refractivity contribution in [3.8, 4) is 23.0 Å². The van der Waals surface area contributed by atoms with Crippen LogP contribution < -0.4 is 23.6 Å². The monoisotopic (exact) mass is 648 g/mol. The maximum atomic E-state index is 10.7. The zero-order chi connectivity index (χ0) is 35.5. The minimum atomic E-state index is -1.11. The molecular formula is C38H57LiO8. The summed E-state index contributed by atoms with van der Waals surface area (Å²) in [5, 5.41) is 35.0. The molecule has 258 valence electrons. The predicted molar refractivity (Wildman–Crippen MR) is 192 cm³/mol. The number of hydrogen-bond donors (Lipinski definition) is 4. The molecule has 4 aromatic rings. The second-order valence-electron chi connectivity index (χ2n) is 7.10. The molecule has 4 N–H and O–H groups in total. The van der Waals surface area contributed by atoms with Gasteiger partial charge in [-0.05, 0) is 55.5 Å². The molecule has 4 rings (SSSR count). The number of rotatable bonds is 5. The number of hydrogen-bond acceptors (Lipinski definition) is 7. The number of phenolic OH excluding ortho intramolecular Hbond substituents is 2. The van der Waals surface area contributed by atoms with Crippen LogP contribution in [0, 0.1) is 7.43 Å². The van der Waals surface area contributed by atoms with Crippen molar-refractivity contribution >= 4 is 11.8 Å². The molecule has 0 saturated carbocycles. The molecule has 0 atom stereocenters. The fraction of sp³-hybridized carbons (Fsp3) is 0.289. The van der Waals surface area contributed by atoms with Crippen LogP contribution >= 0.6 is 0 Å². The number of aromatic hydroxyl groups is 3. The first-order valence-electron chi connectivity index (χ1n) is 15.0. The van der Waals surface area contributed by atoms with E-state index in [9.17, 15) is 9.59 Å². The summed E-state index contributed by atoms with van der Waals surface area (Å²) in [5.74, 6) is -0.215. The molecule has 0 saturated heterocycles. The van der Waals surface area contributed by atoms with E-state index in [0.717, 1.165) is 5.75 Å². The number of Topliss-reactive ketones (excluding diaryl/α,β-unsaturated/α-hetero) is 1. The molecule has 0 aliphatic rings. The van der Waals surface area contributed by atoms with Crippen LogP contribution in [0.5, 0.6) is 23.0 Å². The average Bonchev–Trinajstić information content (AvgIpc) is 3.09. The molecule has 4 aromatic carbocycles. The number of phenols is 3. The van der Waals surface area contributed by atoms with E-state index in [-0.39, 0.29) is 49.1 Å². The summed E-state index contributed by atoms with van der Waals surface area (Å²) in [6, 6.07) is 30.6. The zero-order valence-corrected chi connectivity index (χ0v) is 30.5. The van der Waals surface area contributed by atoms with Crippen LogP contribution in [0.15, 0.2) is 109 Å². The predicted octanol–water partition coefficient (Wildman–Crippen LogP) is 7.31. The summed E-state index contributed by atoms with van der Waals surface area (Å²) in [5.41, 5.74) is 0.310. The van der Waals surface area contributed by atoms with Crippen molar-refractivity contribution in [3.05, 3.63) is 128 Å². The Balaban J connectivity index is -0.000000110. The molecule has 0 amide bonds. The molecular weight excluding hydrogens is 591 g/mol. The second kappa shape index (κ2) is 41.8. The van der Waals surface area contributed by atoms with Gasteiger partial charge in [0.25, 0.3) is 0 Å². The molecule has 8 nitrogen and oxygen atoms in total. The third-order valence-electron chi connectivity index (χ3n) is 4.26. The molecule has 0 unspecified atom stereocenters. The van der Waals surface area contributed by atoms with Crippen molar-refractivity contribution in [2.75, 3.05) is 13.9 Å². The van der Waals surface area contributed by atoms with E-state index in [1.165, 1.54) is 25.1 Å². The van der Waals surface area contributed by atoms with Crippen molar-refractivity contribution in [1.82, 2.24) is 0 Å². The summed E-state index contributed by atoms with van der Waals surface area (Å²) >= 11 is 0. The third kappa shape index (κ3) is 31.5. The van der Waals surface area contributed by atoms with Gasteiger partial charge in [-0.2, -0.15) is 0 Å². The normalized spacial score (nSPS) is 7.70. The largest absolute Gasteiger partial charge is 1.00 e. The van der Waals surface area contributed by atoms with Gasteiger partial charge in [0.2, 0.25) is 0 Å². The maximum absolute atomic E-state index is 10.7. The number of benzene rings is 4. The smallest absolute Gasteiger partial charge is 0.508 e. The topological polar surface area (TPSA) is 134 Å². The number of ketones is 1. The quantitative estimate of drug-likeness (QED) is 0.0767. The Bertz CT molecular complexity index is 1150.